The van der Waals surface area contributed by atoms with Crippen LogP contribution in [0.1, 0.15) is 58.8 Å². The van der Waals surface area contributed by atoms with Crippen LogP contribution in [0.15, 0.2) is 23.8 Å². The van der Waals surface area contributed by atoms with Crippen LogP contribution in [0.5, 0.6) is 0 Å². The number of aliphatic hydroxyl groups excluding tert-OH is 2. The number of aliphatic carboxylic acids is 1. The number of carbonyl (C=O) groups is 4. The molecular weight excluding hydrogens is 479 g/mol. The van der Waals surface area contributed by atoms with Gasteiger partial charge in [-0.1, -0.05) is 25.5 Å². The summed E-state index contributed by atoms with van der Waals surface area (Å²) in [6, 6.07) is 0. The summed E-state index contributed by atoms with van der Waals surface area (Å²) in [5.41, 5.74) is -1.54. The zero-order valence-corrected chi connectivity index (χ0v) is 23.5. The molecule has 3 fully saturated rings. The number of allylic oxidation sites excluding steroid dienone is 4. The van der Waals surface area contributed by atoms with Crippen molar-refractivity contribution in [3.63, 3.8) is 0 Å². The Hall–Kier alpha value is -1.36. The maximum Gasteiger partial charge on any atom is 1.00 e. The Morgan fingerprint density at radius 1 is 1.19 bits per heavy atom. The number of hydrogen-bond acceptors (Lipinski definition) is 9. The van der Waals surface area contributed by atoms with E-state index in [2.05, 4.69) is 11.7 Å². The molecule has 36 heavy (non-hydrogen) atoms. The maximum atomic E-state index is 12.4. The first-order chi connectivity index (χ1) is 16.3. The number of Topliss-reactive ketones (excluding diaryl/α,β-unsaturated/α-hetero) is 1. The first-order valence-corrected chi connectivity index (χ1v) is 12.1. The molecule has 4 aliphatic carbocycles. The number of hydrogen-bond donors (Lipinski definition) is 3. The van der Waals surface area contributed by atoms with Gasteiger partial charge in [0.05, 0.1) is 19.6 Å². The number of aliphatic hydroxyl groups is 3. The van der Waals surface area contributed by atoms with Crippen LogP contribution in [-0.4, -0.2) is 64.2 Å². The van der Waals surface area contributed by atoms with Crippen LogP contribution in [-0.2, 0) is 23.9 Å². The molecule has 0 unspecified atom stereocenters. The summed E-state index contributed by atoms with van der Waals surface area (Å²) >= 11 is 0. The second-order valence-electron chi connectivity index (χ2n) is 10.6. The van der Waals surface area contributed by atoms with Crippen molar-refractivity contribution in [3.8, 4) is 0 Å². The molecule has 0 aromatic carbocycles. The zero-order chi connectivity index (χ0) is 26.2. The molecule has 194 valence electrons. The predicted molar refractivity (Wildman–Crippen MR) is 121 cm³/mol. The standard InChI is InChI=1S/C21H28O5.C5H8O4.Na/c1-19-7-5-13(23)9-12(19)3-4-14-15-6-8-21(26,17(25)11-22)20(15,2)10-16(24)18(14)19;1-9-5(8)3-2-4(6)7;/h5,7,9,14-16,18,22,24,26H,3-4,6,8,10-11H2,1-2H3;2-3H2,1H3,(H,6,7);/q;;+1/p-1/t14-,15-,16-,18+,19-,20-,21-;;/m0../s1. The average molecular weight is 515 g/mol. The van der Waals surface area contributed by atoms with E-state index in [-0.39, 0.29) is 71.4 Å². The molecule has 0 amide bonds. The fraction of sp³-hybridized carbons (Fsp3) is 0.692. The number of esters is 1. The minimum atomic E-state index is -1.56. The van der Waals surface area contributed by atoms with Crippen molar-refractivity contribution in [1.29, 1.82) is 0 Å². The molecule has 10 heteroatoms. The van der Waals surface area contributed by atoms with E-state index in [1.165, 1.54) is 7.11 Å². The Bertz CT molecular complexity index is 959. The molecule has 0 bridgehead atoms. The van der Waals surface area contributed by atoms with E-state index in [1.807, 2.05) is 13.0 Å². The average Bonchev–Trinajstić information content (AvgIpc) is 3.08. The normalized spacial score (nSPS) is 38.2. The fourth-order valence-electron chi connectivity index (χ4n) is 7.23. The van der Waals surface area contributed by atoms with Crippen LogP contribution in [0.2, 0.25) is 0 Å². The van der Waals surface area contributed by atoms with E-state index in [0.29, 0.717) is 12.8 Å². The summed E-state index contributed by atoms with van der Waals surface area (Å²) in [5, 5.41) is 41.4. The summed E-state index contributed by atoms with van der Waals surface area (Å²) in [6.07, 6.45) is 7.30. The molecule has 3 N–H and O–H groups in total. The molecule has 0 heterocycles. The number of ketones is 2. The van der Waals surface area contributed by atoms with Crippen molar-refractivity contribution in [3.05, 3.63) is 23.8 Å². The first kappa shape index (κ1) is 30.9. The maximum absolute atomic E-state index is 12.4. The van der Waals surface area contributed by atoms with Gasteiger partial charge in [-0.15, -0.1) is 0 Å². The van der Waals surface area contributed by atoms with E-state index >= 15 is 0 Å². The Balaban J connectivity index is 0.000000394. The minimum Gasteiger partial charge on any atom is -0.550 e. The second-order valence-corrected chi connectivity index (χ2v) is 10.6. The third-order valence-corrected chi connectivity index (χ3v) is 9.01. The monoisotopic (exact) mass is 514 g/mol. The zero-order valence-electron chi connectivity index (χ0n) is 21.5. The van der Waals surface area contributed by atoms with Gasteiger partial charge in [0.1, 0.15) is 12.2 Å². The van der Waals surface area contributed by atoms with E-state index in [0.717, 1.165) is 24.8 Å². The molecule has 0 saturated heterocycles. The quantitative estimate of drug-likeness (QED) is 0.261. The Morgan fingerprint density at radius 2 is 1.86 bits per heavy atom. The molecule has 3 saturated carbocycles. The number of methoxy groups -OCH3 is 1. The Kier molecular flexibility index (Phi) is 9.92. The van der Waals surface area contributed by atoms with Crippen LogP contribution in [0.4, 0.5) is 0 Å². The largest absolute Gasteiger partial charge is 1.00 e. The van der Waals surface area contributed by atoms with Crippen molar-refractivity contribution in [2.75, 3.05) is 13.7 Å². The molecular formula is C26H35NaO9. The summed E-state index contributed by atoms with van der Waals surface area (Å²) < 4.78 is 4.17. The number of carboxylic acids is 1. The van der Waals surface area contributed by atoms with Gasteiger partial charge in [0.2, 0.25) is 0 Å². The van der Waals surface area contributed by atoms with Gasteiger partial charge in [-0.3, -0.25) is 14.4 Å². The van der Waals surface area contributed by atoms with Crippen molar-refractivity contribution in [1.82, 2.24) is 0 Å². The van der Waals surface area contributed by atoms with Gasteiger partial charge in [-0.2, -0.15) is 0 Å². The number of carboxylic acid groups (broad SMARTS) is 1. The molecule has 9 nitrogen and oxygen atoms in total. The first-order valence-electron chi connectivity index (χ1n) is 12.1. The van der Waals surface area contributed by atoms with Crippen molar-refractivity contribution < 1.29 is 73.9 Å². The molecule has 0 spiro atoms. The molecule has 0 radical (unpaired) electrons. The predicted octanol–water partition coefficient (Wildman–Crippen LogP) is -2.75. The summed E-state index contributed by atoms with van der Waals surface area (Å²) in [5.74, 6) is -1.99. The summed E-state index contributed by atoms with van der Waals surface area (Å²) in [6.45, 7) is 3.34. The van der Waals surface area contributed by atoms with Gasteiger partial charge < -0.3 is 30.0 Å². The van der Waals surface area contributed by atoms with Crippen LogP contribution in [0.3, 0.4) is 0 Å². The third kappa shape index (κ3) is 5.28. The van der Waals surface area contributed by atoms with Gasteiger partial charge in [0.25, 0.3) is 0 Å². The van der Waals surface area contributed by atoms with Gasteiger partial charge in [0, 0.05) is 22.7 Å². The number of fused-ring (bicyclic) bond motifs is 5. The van der Waals surface area contributed by atoms with Gasteiger partial charge in [-0.25, -0.2) is 0 Å². The fourth-order valence-corrected chi connectivity index (χ4v) is 7.23. The van der Waals surface area contributed by atoms with E-state index in [9.17, 15) is 39.6 Å². The smallest absolute Gasteiger partial charge is 0.550 e. The van der Waals surface area contributed by atoms with E-state index < -0.39 is 41.4 Å². The van der Waals surface area contributed by atoms with Crippen LogP contribution in [0, 0.1) is 28.6 Å². The van der Waals surface area contributed by atoms with E-state index in [4.69, 9.17) is 0 Å². The van der Waals surface area contributed by atoms with Crippen LogP contribution in [0.25, 0.3) is 0 Å². The Labute approximate surface area is 233 Å². The second kappa shape index (κ2) is 11.6. The van der Waals surface area contributed by atoms with Crippen molar-refractivity contribution in [2.24, 2.45) is 28.6 Å². The third-order valence-electron chi connectivity index (χ3n) is 9.01. The summed E-state index contributed by atoms with van der Waals surface area (Å²) in [4.78, 5) is 44.1. The van der Waals surface area contributed by atoms with Crippen LogP contribution < -0.4 is 34.7 Å². The number of carbonyl (C=O) groups excluding carboxylic acids is 4. The molecule has 4 rings (SSSR count). The van der Waals surface area contributed by atoms with E-state index in [1.54, 1.807) is 12.2 Å². The van der Waals surface area contributed by atoms with Crippen molar-refractivity contribution in [2.45, 2.75) is 70.5 Å². The topological polar surface area (TPSA) is 161 Å². The molecule has 0 aromatic heterocycles. The van der Waals surface area contributed by atoms with Gasteiger partial charge in [0.15, 0.2) is 11.6 Å². The number of ether oxygens (including phenoxy) is 1. The summed E-state index contributed by atoms with van der Waals surface area (Å²) in [7, 11) is 1.21. The minimum absolute atomic E-state index is 0. The van der Waals surface area contributed by atoms with Gasteiger partial charge in [-0.05, 0) is 62.5 Å². The number of rotatable bonds is 5. The molecule has 4 aliphatic rings. The van der Waals surface area contributed by atoms with Gasteiger partial charge >= 0.3 is 35.5 Å². The van der Waals surface area contributed by atoms with Crippen molar-refractivity contribution >= 4 is 23.5 Å². The molecule has 0 aromatic rings. The Morgan fingerprint density at radius 3 is 2.44 bits per heavy atom. The molecule has 0 aliphatic heterocycles. The van der Waals surface area contributed by atoms with Crippen LogP contribution >= 0.6 is 0 Å². The molecule has 7 atom stereocenters. The SMILES string of the molecule is COC(=O)CCC(=O)[O-].C[C@]12C=CC(=O)C=C1CC[C@@H]1[C@@H]2[C@@H](O)C[C@@]2(C)[C@H]1CC[C@]2(O)C(=O)CO.[Na+].